The highest BCUT2D eigenvalue weighted by atomic mass is 35.5. The third kappa shape index (κ3) is 5.04. The van der Waals surface area contributed by atoms with E-state index in [1.807, 2.05) is 0 Å². The number of anilines is 1. The van der Waals surface area contributed by atoms with Gasteiger partial charge in [-0.05, 0) is 36.4 Å². The average molecular weight is 493 g/mol. The first kappa shape index (κ1) is 22.1. The lowest BCUT2D eigenvalue weighted by molar-refractivity contribution is 0.102. The summed E-state index contributed by atoms with van der Waals surface area (Å²) in [4.78, 5) is 21.2. The Bertz CT molecular complexity index is 1270. The summed E-state index contributed by atoms with van der Waals surface area (Å²) in [6.07, 6.45) is 3.19. The van der Waals surface area contributed by atoms with Crippen LogP contribution < -0.4 is 5.32 Å². The molecule has 2 aromatic heterocycles. The molecule has 1 N–H and O–H groups in total. The van der Waals surface area contributed by atoms with E-state index in [-0.39, 0.29) is 17.1 Å². The molecule has 7 nitrogen and oxygen atoms in total. The molecular weight excluding hydrogens is 481 g/mol. The fraction of sp³-hybridized carbons (Fsp3) is 0.0500. The molecule has 0 bridgehead atoms. The summed E-state index contributed by atoms with van der Waals surface area (Å²) in [6.45, 7) is 0. The van der Waals surface area contributed by atoms with Gasteiger partial charge in [-0.1, -0.05) is 40.2 Å². The summed E-state index contributed by atoms with van der Waals surface area (Å²) in [5.41, 5.74) is 0.945. The van der Waals surface area contributed by atoms with Crippen LogP contribution in [0, 0.1) is 11.6 Å². The van der Waals surface area contributed by atoms with Crippen LogP contribution in [-0.4, -0.2) is 30.9 Å². The van der Waals surface area contributed by atoms with Gasteiger partial charge in [-0.3, -0.25) is 4.79 Å². The van der Waals surface area contributed by atoms with Crippen molar-refractivity contribution in [2.75, 3.05) is 5.32 Å². The number of nitrogens with zero attached hydrogens (tertiary/aromatic N) is 5. The Hall–Kier alpha value is -3.08. The predicted molar refractivity (Wildman–Crippen MR) is 117 cm³/mol. The number of aromatic nitrogens is 5. The van der Waals surface area contributed by atoms with Gasteiger partial charge in [0.2, 0.25) is 0 Å². The molecule has 0 saturated carbocycles. The number of benzene rings is 2. The maximum Gasteiger partial charge on any atom is 0.278 e. The maximum absolute atomic E-state index is 13.5. The highest BCUT2D eigenvalue weighted by Crippen LogP contribution is 2.27. The Morgan fingerprint density at radius 2 is 1.75 bits per heavy atom. The number of halogens is 4. The number of carbonyl (C=O) groups excluding carboxylic acids is 1. The Labute approximate surface area is 194 Å². The van der Waals surface area contributed by atoms with Gasteiger partial charge >= 0.3 is 0 Å². The van der Waals surface area contributed by atoms with Gasteiger partial charge in [0.25, 0.3) is 5.91 Å². The van der Waals surface area contributed by atoms with Gasteiger partial charge in [-0.2, -0.15) is 0 Å². The molecule has 4 aromatic rings. The quantitative estimate of drug-likeness (QED) is 0.294. The molecule has 2 aromatic carbocycles. The van der Waals surface area contributed by atoms with Gasteiger partial charge in [0.1, 0.15) is 0 Å². The van der Waals surface area contributed by atoms with E-state index in [2.05, 4.69) is 25.6 Å². The Morgan fingerprint density at radius 1 is 1.03 bits per heavy atom. The van der Waals surface area contributed by atoms with Crippen molar-refractivity contribution in [1.82, 2.24) is 25.0 Å². The standard InChI is InChI=1S/C20H12Cl2F2N6OS/c21-11-6-12(22)8-14(7-11)30-17(10-32-20-25-4-1-5-26-20)18(28-29-30)19(31)27-13-2-3-15(23)16(24)9-13/h1-9H,10H2,(H,27,31). The van der Waals surface area contributed by atoms with Crippen LogP contribution in [0.15, 0.2) is 60.0 Å². The SMILES string of the molecule is O=C(Nc1ccc(F)c(F)c1)c1nnn(-c2cc(Cl)cc(Cl)c2)c1CSc1ncccn1. The van der Waals surface area contributed by atoms with Crippen molar-refractivity contribution in [3.63, 3.8) is 0 Å². The van der Waals surface area contributed by atoms with Gasteiger partial charge in [0.05, 0.1) is 11.4 Å². The molecule has 1 amide bonds. The first-order valence-corrected chi connectivity index (χ1v) is 10.7. The number of rotatable bonds is 6. The average Bonchev–Trinajstić information content (AvgIpc) is 3.19. The molecule has 12 heteroatoms. The zero-order chi connectivity index (χ0) is 22.7. The molecular formula is C20H12Cl2F2N6OS. The summed E-state index contributed by atoms with van der Waals surface area (Å²) in [7, 11) is 0. The number of hydrogen-bond donors (Lipinski definition) is 1. The summed E-state index contributed by atoms with van der Waals surface area (Å²) >= 11 is 13.5. The van der Waals surface area contributed by atoms with Crippen molar-refractivity contribution in [1.29, 1.82) is 0 Å². The molecule has 2 heterocycles. The molecule has 4 rings (SSSR count). The lowest BCUT2D eigenvalue weighted by atomic mass is 10.2. The lowest BCUT2D eigenvalue weighted by Crippen LogP contribution is -2.15. The molecule has 0 fully saturated rings. The van der Waals surface area contributed by atoms with Gasteiger partial charge in [0.15, 0.2) is 22.5 Å². The maximum atomic E-state index is 13.5. The van der Waals surface area contributed by atoms with Crippen LogP contribution in [0.1, 0.15) is 16.2 Å². The van der Waals surface area contributed by atoms with Gasteiger partial charge in [0, 0.05) is 39.9 Å². The third-order valence-corrected chi connectivity index (χ3v) is 5.45. The largest absolute Gasteiger partial charge is 0.320 e. The number of thioether (sulfide) groups is 1. The van der Waals surface area contributed by atoms with E-state index in [1.165, 1.54) is 22.5 Å². The topological polar surface area (TPSA) is 85.6 Å². The van der Waals surface area contributed by atoms with Crippen LogP contribution in [0.25, 0.3) is 5.69 Å². The zero-order valence-corrected chi connectivity index (χ0v) is 18.3. The van der Waals surface area contributed by atoms with Crippen LogP contribution in [0.5, 0.6) is 0 Å². The molecule has 0 aliphatic carbocycles. The monoisotopic (exact) mass is 492 g/mol. The summed E-state index contributed by atoms with van der Waals surface area (Å²) < 4.78 is 28.1. The number of nitrogens with one attached hydrogen (secondary N) is 1. The van der Waals surface area contributed by atoms with E-state index in [1.54, 1.807) is 36.7 Å². The summed E-state index contributed by atoms with van der Waals surface area (Å²) in [5.74, 6) is -2.54. The van der Waals surface area contributed by atoms with E-state index in [0.717, 1.165) is 12.1 Å². The normalized spacial score (nSPS) is 10.9. The predicted octanol–water partition coefficient (Wildman–Crippen LogP) is 5.19. The van der Waals surface area contributed by atoms with E-state index in [0.29, 0.717) is 26.6 Å². The minimum Gasteiger partial charge on any atom is -0.320 e. The van der Waals surface area contributed by atoms with Gasteiger partial charge in [-0.15, -0.1) is 5.10 Å². The number of hydrogen-bond acceptors (Lipinski definition) is 6. The second kappa shape index (κ2) is 9.60. The minimum absolute atomic E-state index is 0.0192. The first-order chi connectivity index (χ1) is 15.4. The number of carbonyl (C=O) groups is 1. The van der Waals surface area contributed by atoms with Crippen molar-refractivity contribution in [3.05, 3.63) is 87.9 Å². The van der Waals surface area contributed by atoms with E-state index in [9.17, 15) is 13.6 Å². The van der Waals surface area contributed by atoms with E-state index >= 15 is 0 Å². The minimum atomic E-state index is -1.09. The molecule has 162 valence electrons. The molecule has 0 spiro atoms. The Kier molecular flexibility index (Phi) is 6.63. The molecule has 0 saturated heterocycles. The van der Waals surface area contributed by atoms with E-state index in [4.69, 9.17) is 23.2 Å². The molecule has 0 aliphatic rings. The van der Waals surface area contributed by atoms with Crippen molar-refractivity contribution in [3.8, 4) is 5.69 Å². The Morgan fingerprint density at radius 3 is 2.44 bits per heavy atom. The second-order valence-electron chi connectivity index (χ2n) is 6.33. The van der Waals surface area contributed by atoms with E-state index < -0.39 is 17.5 Å². The number of amides is 1. The van der Waals surface area contributed by atoms with Gasteiger partial charge < -0.3 is 5.32 Å². The van der Waals surface area contributed by atoms with Crippen LogP contribution >= 0.6 is 35.0 Å². The first-order valence-electron chi connectivity index (χ1n) is 8.98. The summed E-state index contributed by atoms with van der Waals surface area (Å²) in [6, 6.07) is 9.51. The van der Waals surface area contributed by atoms with Crippen LogP contribution in [0.3, 0.4) is 0 Å². The molecule has 32 heavy (non-hydrogen) atoms. The third-order valence-electron chi connectivity index (χ3n) is 4.13. The van der Waals surface area contributed by atoms with Crippen LogP contribution in [0.2, 0.25) is 10.0 Å². The van der Waals surface area contributed by atoms with Crippen molar-refractivity contribution < 1.29 is 13.6 Å². The fourth-order valence-corrected chi connectivity index (χ4v) is 4.04. The molecule has 0 atom stereocenters. The Balaban J connectivity index is 1.69. The molecule has 0 radical (unpaired) electrons. The highest BCUT2D eigenvalue weighted by molar-refractivity contribution is 7.98. The highest BCUT2D eigenvalue weighted by Gasteiger charge is 2.22. The van der Waals surface area contributed by atoms with Crippen molar-refractivity contribution >= 4 is 46.6 Å². The lowest BCUT2D eigenvalue weighted by Gasteiger charge is -2.09. The molecule has 0 aliphatic heterocycles. The zero-order valence-electron chi connectivity index (χ0n) is 16.0. The summed E-state index contributed by atoms with van der Waals surface area (Å²) in [5, 5.41) is 11.8. The van der Waals surface area contributed by atoms with Crippen molar-refractivity contribution in [2.45, 2.75) is 10.9 Å². The van der Waals surface area contributed by atoms with Crippen LogP contribution in [0.4, 0.5) is 14.5 Å². The molecule has 0 unspecified atom stereocenters. The smallest absolute Gasteiger partial charge is 0.278 e. The fourth-order valence-electron chi connectivity index (χ4n) is 2.73. The van der Waals surface area contributed by atoms with Crippen LogP contribution in [-0.2, 0) is 5.75 Å². The van der Waals surface area contributed by atoms with Crippen molar-refractivity contribution in [2.24, 2.45) is 0 Å². The van der Waals surface area contributed by atoms with Gasteiger partial charge in [-0.25, -0.2) is 23.4 Å². The second-order valence-corrected chi connectivity index (χ2v) is 8.14.